The van der Waals surface area contributed by atoms with Crippen LogP contribution in [-0.4, -0.2) is 66.9 Å². The Labute approximate surface area is 191 Å². The molecule has 2 aliphatic rings. The lowest BCUT2D eigenvalue weighted by molar-refractivity contribution is -0.116. The molecule has 1 N–H and O–H groups in total. The van der Waals surface area contributed by atoms with Crippen molar-refractivity contribution in [1.29, 1.82) is 0 Å². The molecule has 0 bridgehead atoms. The Morgan fingerprint density at radius 3 is 2.55 bits per heavy atom. The third-order valence-electron chi connectivity index (χ3n) is 5.38. The Kier molecular flexibility index (Phi) is 6.71. The number of hydrogen-bond acceptors (Lipinski definition) is 7. The summed E-state index contributed by atoms with van der Waals surface area (Å²) < 4.78 is 26.4. The first-order chi connectivity index (χ1) is 14.9. The van der Waals surface area contributed by atoms with E-state index in [1.807, 2.05) is 41.8 Å². The predicted octanol–water partition coefficient (Wildman–Crippen LogP) is 3.11. The lowest BCUT2D eigenvalue weighted by Crippen LogP contribution is -2.50. The molecular formula is C21H26N4O3S3. The second-order valence-electron chi connectivity index (χ2n) is 7.72. The van der Waals surface area contributed by atoms with Crippen LogP contribution in [0, 0.1) is 0 Å². The van der Waals surface area contributed by atoms with Gasteiger partial charge in [0.15, 0.2) is 0 Å². The zero-order valence-corrected chi connectivity index (χ0v) is 20.0. The number of carbonyl (C=O) groups is 1. The Bertz CT molecular complexity index is 1060. The number of sulfonamides is 1. The molecule has 2 aromatic rings. The van der Waals surface area contributed by atoms with Crippen molar-refractivity contribution in [2.75, 3.05) is 42.1 Å². The van der Waals surface area contributed by atoms with Crippen molar-refractivity contribution in [3.05, 3.63) is 46.7 Å². The lowest BCUT2D eigenvalue weighted by Gasteiger charge is -2.37. The normalized spacial score (nSPS) is 20.2. The molecule has 10 heteroatoms. The maximum atomic E-state index is 12.9. The summed E-state index contributed by atoms with van der Waals surface area (Å²) in [4.78, 5) is 20.7. The monoisotopic (exact) mass is 478 g/mol. The highest BCUT2D eigenvalue weighted by atomic mass is 32.2. The number of amides is 1. The Hall–Kier alpha value is -1.88. The molecule has 3 heterocycles. The van der Waals surface area contributed by atoms with Gasteiger partial charge in [-0.1, -0.05) is 18.2 Å². The molecule has 1 saturated heterocycles. The number of carbonyl (C=O) groups excluding carboxylic acids is 1. The van der Waals surface area contributed by atoms with Crippen molar-refractivity contribution in [2.24, 2.45) is 4.99 Å². The van der Waals surface area contributed by atoms with Gasteiger partial charge in [0.2, 0.25) is 15.9 Å². The molecule has 1 unspecified atom stereocenters. The minimum atomic E-state index is -3.25. The molecule has 1 aromatic carbocycles. The van der Waals surface area contributed by atoms with Crippen LogP contribution in [-0.2, 0) is 14.8 Å². The SMILES string of the molecule is CC(C)S(=O)(=O)N1CCN(c2ccccc2NC(=O)C2CSC(c3cccs3)=N2)CC1. The summed E-state index contributed by atoms with van der Waals surface area (Å²) in [6, 6.07) is 11.3. The highest BCUT2D eigenvalue weighted by Gasteiger charge is 2.31. The van der Waals surface area contributed by atoms with Crippen LogP contribution in [0.25, 0.3) is 0 Å². The first-order valence-corrected chi connectivity index (χ1v) is 13.6. The van der Waals surface area contributed by atoms with Crippen LogP contribution < -0.4 is 10.2 Å². The zero-order valence-electron chi connectivity index (χ0n) is 17.5. The quantitative estimate of drug-likeness (QED) is 0.690. The van der Waals surface area contributed by atoms with Crippen LogP contribution in [0.3, 0.4) is 0 Å². The van der Waals surface area contributed by atoms with E-state index in [4.69, 9.17) is 0 Å². The average Bonchev–Trinajstić information content (AvgIpc) is 3.46. The number of thioether (sulfide) groups is 1. The van der Waals surface area contributed by atoms with Crippen LogP contribution in [0.2, 0.25) is 0 Å². The summed E-state index contributed by atoms with van der Waals surface area (Å²) >= 11 is 3.24. The molecular weight excluding hydrogens is 452 g/mol. The number of benzene rings is 1. The fourth-order valence-electron chi connectivity index (χ4n) is 3.60. The first-order valence-electron chi connectivity index (χ1n) is 10.2. The number of piperazine rings is 1. The molecule has 0 spiro atoms. The standard InChI is InChI=1S/C21H26N4O3S3/c1-15(2)31(27,28)25-11-9-24(10-12-25)18-7-4-3-6-16(18)22-20(26)17-14-30-21(23-17)19-8-5-13-29-19/h3-8,13,15,17H,9-12,14H2,1-2H3,(H,22,26). The van der Waals surface area contributed by atoms with Crippen molar-refractivity contribution in [2.45, 2.75) is 25.1 Å². The fraction of sp³-hybridized carbons (Fsp3) is 0.429. The minimum Gasteiger partial charge on any atom is -0.367 e. The number of rotatable bonds is 6. The van der Waals surface area contributed by atoms with Crippen molar-refractivity contribution in [3.63, 3.8) is 0 Å². The molecule has 1 atom stereocenters. The largest absolute Gasteiger partial charge is 0.367 e. The van der Waals surface area contributed by atoms with E-state index in [1.165, 1.54) is 0 Å². The molecule has 7 nitrogen and oxygen atoms in total. The van der Waals surface area contributed by atoms with Gasteiger partial charge >= 0.3 is 0 Å². The summed E-state index contributed by atoms with van der Waals surface area (Å²) in [6.07, 6.45) is 0. The number of nitrogens with one attached hydrogen (secondary N) is 1. The summed E-state index contributed by atoms with van der Waals surface area (Å²) in [5, 5.41) is 5.55. The van der Waals surface area contributed by atoms with Gasteiger partial charge in [-0.2, -0.15) is 4.31 Å². The molecule has 2 aliphatic heterocycles. The smallest absolute Gasteiger partial charge is 0.250 e. The van der Waals surface area contributed by atoms with Crippen LogP contribution in [0.5, 0.6) is 0 Å². The van der Waals surface area contributed by atoms with Gasteiger partial charge in [-0.05, 0) is 37.4 Å². The number of thiophene rings is 1. The van der Waals surface area contributed by atoms with Gasteiger partial charge in [0.05, 0.1) is 21.5 Å². The van der Waals surface area contributed by atoms with E-state index in [0.29, 0.717) is 31.9 Å². The molecule has 1 aromatic heterocycles. The Morgan fingerprint density at radius 2 is 1.87 bits per heavy atom. The highest BCUT2D eigenvalue weighted by Crippen LogP contribution is 2.30. The van der Waals surface area contributed by atoms with Crippen LogP contribution in [0.1, 0.15) is 18.7 Å². The molecule has 31 heavy (non-hydrogen) atoms. The molecule has 0 aliphatic carbocycles. The number of anilines is 2. The Balaban J connectivity index is 1.43. The minimum absolute atomic E-state index is 0.118. The molecule has 4 rings (SSSR count). The van der Waals surface area contributed by atoms with Crippen LogP contribution in [0.15, 0.2) is 46.8 Å². The van der Waals surface area contributed by atoms with E-state index in [1.54, 1.807) is 41.3 Å². The first kappa shape index (κ1) is 22.3. The van der Waals surface area contributed by atoms with Gasteiger partial charge in [0.1, 0.15) is 11.1 Å². The van der Waals surface area contributed by atoms with E-state index in [-0.39, 0.29) is 5.91 Å². The number of aliphatic imine (C=N–C) groups is 1. The van der Waals surface area contributed by atoms with Gasteiger partial charge < -0.3 is 10.2 Å². The van der Waals surface area contributed by atoms with E-state index in [9.17, 15) is 13.2 Å². The van der Waals surface area contributed by atoms with Crippen molar-refractivity contribution < 1.29 is 13.2 Å². The van der Waals surface area contributed by atoms with Crippen molar-refractivity contribution in [3.8, 4) is 0 Å². The second kappa shape index (κ2) is 9.32. The third-order valence-corrected chi connectivity index (χ3v) is 9.75. The van der Waals surface area contributed by atoms with Gasteiger partial charge in [0, 0.05) is 31.9 Å². The van der Waals surface area contributed by atoms with Gasteiger partial charge in [0.25, 0.3) is 0 Å². The van der Waals surface area contributed by atoms with E-state index < -0.39 is 21.3 Å². The maximum absolute atomic E-state index is 12.9. The second-order valence-corrected chi connectivity index (χ2v) is 12.2. The van der Waals surface area contributed by atoms with Crippen molar-refractivity contribution >= 4 is 55.4 Å². The van der Waals surface area contributed by atoms with Gasteiger partial charge in [-0.3, -0.25) is 9.79 Å². The molecule has 0 saturated carbocycles. The average molecular weight is 479 g/mol. The van der Waals surface area contributed by atoms with E-state index in [2.05, 4.69) is 15.2 Å². The van der Waals surface area contributed by atoms with Crippen LogP contribution >= 0.6 is 23.1 Å². The number of hydrogen-bond donors (Lipinski definition) is 1. The van der Waals surface area contributed by atoms with Gasteiger partial charge in [-0.25, -0.2) is 8.42 Å². The summed E-state index contributed by atoms with van der Waals surface area (Å²) in [5.41, 5.74) is 1.64. The molecule has 1 amide bonds. The number of nitrogens with zero attached hydrogens (tertiary/aromatic N) is 3. The fourth-order valence-corrected chi connectivity index (χ4v) is 6.75. The topological polar surface area (TPSA) is 82.1 Å². The third kappa shape index (κ3) is 4.82. The van der Waals surface area contributed by atoms with Crippen LogP contribution in [0.4, 0.5) is 11.4 Å². The highest BCUT2D eigenvalue weighted by molar-refractivity contribution is 8.15. The number of para-hydroxylation sites is 2. The maximum Gasteiger partial charge on any atom is 0.250 e. The van der Waals surface area contributed by atoms with E-state index in [0.717, 1.165) is 21.3 Å². The lowest BCUT2D eigenvalue weighted by atomic mass is 10.2. The van der Waals surface area contributed by atoms with Crippen molar-refractivity contribution in [1.82, 2.24) is 4.31 Å². The molecule has 0 radical (unpaired) electrons. The van der Waals surface area contributed by atoms with E-state index >= 15 is 0 Å². The molecule has 166 valence electrons. The zero-order chi connectivity index (χ0) is 22.0. The van der Waals surface area contributed by atoms with Gasteiger partial charge in [-0.15, -0.1) is 23.1 Å². The molecule has 1 fully saturated rings. The predicted molar refractivity (Wildman–Crippen MR) is 130 cm³/mol. The summed E-state index contributed by atoms with van der Waals surface area (Å²) in [7, 11) is -3.25. The summed E-state index contributed by atoms with van der Waals surface area (Å²) in [6.45, 7) is 5.46. The summed E-state index contributed by atoms with van der Waals surface area (Å²) in [5.74, 6) is 0.514. The Morgan fingerprint density at radius 1 is 1.13 bits per heavy atom.